The zero-order valence-corrected chi connectivity index (χ0v) is 24.3. The monoisotopic (exact) mass is 580 g/mol. The van der Waals surface area contributed by atoms with Gasteiger partial charge in [-0.2, -0.15) is 0 Å². The first-order valence-electron chi connectivity index (χ1n) is 14.3. The standard InChI is InChI=1S/C35H36N2O6/c1-24(2)33(38)28-13-6-7-14-29(28)36-21-10-22-42-27-19-17-25(18-20-27)23-31(34(39)40)37-30-15-8-9-16-32(30)43-35(41)26-11-4-3-5-12-26/h3-9,11-20,24,31,36-37H,10,21-23H2,1-2H3,(H,39,40). The highest BCUT2D eigenvalue weighted by atomic mass is 16.5. The topological polar surface area (TPSA) is 114 Å². The van der Waals surface area contributed by atoms with Crippen LogP contribution in [-0.4, -0.2) is 42.0 Å². The number of Topliss-reactive ketones (excluding diaryl/α,β-unsaturated/α-hetero) is 1. The summed E-state index contributed by atoms with van der Waals surface area (Å²) in [4.78, 5) is 37.1. The van der Waals surface area contributed by atoms with Gasteiger partial charge in [0.25, 0.3) is 0 Å². The highest BCUT2D eigenvalue weighted by Crippen LogP contribution is 2.26. The Labute approximate surface area is 251 Å². The molecule has 0 aromatic heterocycles. The third kappa shape index (κ3) is 8.94. The molecule has 0 amide bonds. The summed E-state index contributed by atoms with van der Waals surface area (Å²) in [5.74, 6) is -0.604. The molecule has 222 valence electrons. The third-order valence-electron chi connectivity index (χ3n) is 6.71. The van der Waals surface area contributed by atoms with Crippen molar-refractivity contribution in [2.75, 3.05) is 23.8 Å². The number of ketones is 1. The number of aliphatic carboxylic acids is 1. The first-order chi connectivity index (χ1) is 20.8. The molecule has 8 heteroatoms. The van der Waals surface area contributed by atoms with Crippen LogP contribution < -0.4 is 20.1 Å². The maximum Gasteiger partial charge on any atom is 0.343 e. The van der Waals surface area contributed by atoms with Crippen LogP contribution in [0.1, 0.15) is 46.5 Å². The molecule has 1 atom stereocenters. The molecule has 0 aliphatic rings. The molecule has 0 radical (unpaired) electrons. The first-order valence-corrected chi connectivity index (χ1v) is 14.3. The molecule has 4 aromatic carbocycles. The van der Waals surface area contributed by atoms with Crippen molar-refractivity contribution in [2.24, 2.45) is 5.92 Å². The Hall–Kier alpha value is -5.11. The van der Waals surface area contributed by atoms with Gasteiger partial charge in [0.05, 0.1) is 17.9 Å². The number of carboxylic acid groups (broad SMARTS) is 1. The number of hydrogen-bond acceptors (Lipinski definition) is 7. The quantitative estimate of drug-likeness (QED) is 0.0614. The predicted octanol–water partition coefficient (Wildman–Crippen LogP) is 6.73. The van der Waals surface area contributed by atoms with E-state index < -0.39 is 18.0 Å². The molecule has 4 rings (SSSR count). The number of carbonyl (C=O) groups excluding carboxylic acids is 2. The normalized spacial score (nSPS) is 11.4. The fraction of sp³-hybridized carbons (Fsp3) is 0.229. The molecule has 0 spiro atoms. The van der Waals surface area contributed by atoms with Crippen LogP contribution in [0.3, 0.4) is 0 Å². The van der Waals surface area contributed by atoms with Gasteiger partial charge < -0.3 is 25.2 Å². The van der Waals surface area contributed by atoms with Gasteiger partial charge >= 0.3 is 11.9 Å². The molecule has 8 nitrogen and oxygen atoms in total. The molecule has 0 aliphatic carbocycles. The number of anilines is 2. The van der Waals surface area contributed by atoms with Crippen LogP contribution in [0.25, 0.3) is 0 Å². The first kappa shape index (κ1) is 30.8. The summed E-state index contributed by atoms with van der Waals surface area (Å²) in [6.45, 7) is 4.91. The molecule has 0 heterocycles. The van der Waals surface area contributed by atoms with Crippen LogP contribution in [0.4, 0.5) is 11.4 Å². The Morgan fingerprint density at radius 1 is 0.791 bits per heavy atom. The minimum absolute atomic E-state index is 0.0729. The van der Waals surface area contributed by atoms with E-state index in [0.29, 0.717) is 35.7 Å². The van der Waals surface area contributed by atoms with Gasteiger partial charge in [-0.25, -0.2) is 9.59 Å². The van der Waals surface area contributed by atoms with Crippen molar-refractivity contribution in [3.63, 3.8) is 0 Å². The lowest BCUT2D eigenvalue weighted by Gasteiger charge is -2.18. The summed E-state index contributed by atoms with van der Waals surface area (Å²) in [5.41, 5.74) is 3.13. The van der Waals surface area contributed by atoms with Crippen molar-refractivity contribution in [1.29, 1.82) is 0 Å². The van der Waals surface area contributed by atoms with Crippen molar-refractivity contribution in [3.8, 4) is 11.5 Å². The van der Waals surface area contributed by atoms with Crippen molar-refractivity contribution >= 4 is 29.1 Å². The molecule has 1 unspecified atom stereocenters. The minimum Gasteiger partial charge on any atom is -0.494 e. The summed E-state index contributed by atoms with van der Waals surface area (Å²) >= 11 is 0. The van der Waals surface area contributed by atoms with Crippen LogP contribution in [0.15, 0.2) is 103 Å². The fourth-order valence-corrected chi connectivity index (χ4v) is 4.40. The molecular formula is C35H36N2O6. The van der Waals surface area contributed by atoms with Crippen molar-refractivity contribution < 1.29 is 29.0 Å². The Kier molecular flexibility index (Phi) is 10.9. The second-order valence-electron chi connectivity index (χ2n) is 10.3. The summed E-state index contributed by atoms with van der Waals surface area (Å²) in [5, 5.41) is 16.2. The summed E-state index contributed by atoms with van der Waals surface area (Å²) < 4.78 is 11.4. The molecular weight excluding hydrogens is 544 g/mol. The largest absolute Gasteiger partial charge is 0.494 e. The van der Waals surface area contributed by atoms with Crippen LogP contribution in [0.2, 0.25) is 0 Å². The lowest BCUT2D eigenvalue weighted by Crippen LogP contribution is -2.31. The fourth-order valence-electron chi connectivity index (χ4n) is 4.40. The van der Waals surface area contributed by atoms with Gasteiger partial charge in [-0.3, -0.25) is 4.79 Å². The molecule has 0 aliphatic heterocycles. The highest BCUT2D eigenvalue weighted by Gasteiger charge is 2.21. The van der Waals surface area contributed by atoms with Crippen LogP contribution in [0.5, 0.6) is 11.5 Å². The average molecular weight is 581 g/mol. The summed E-state index contributed by atoms with van der Waals surface area (Å²) in [6.07, 6.45) is 0.931. The van der Waals surface area contributed by atoms with E-state index in [1.807, 2.05) is 62.4 Å². The Morgan fingerprint density at radius 3 is 2.14 bits per heavy atom. The molecule has 0 saturated carbocycles. The van der Waals surface area contributed by atoms with Gasteiger partial charge in [0.15, 0.2) is 11.5 Å². The van der Waals surface area contributed by atoms with Crippen LogP contribution in [-0.2, 0) is 11.2 Å². The second kappa shape index (κ2) is 15.2. The number of esters is 1. The minimum atomic E-state index is -1.03. The van der Waals surface area contributed by atoms with Crippen LogP contribution >= 0.6 is 0 Å². The average Bonchev–Trinajstić information content (AvgIpc) is 3.02. The third-order valence-corrected chi connectivity index (χ3v) is 6.71. The Bertz CT molecular complexity index is 1520. The number of ether oxygens (including phenoxy) is 2. The SMILES string of the molecule is CC(C)C(=O)c1ccccc1NCCCOc1ccc(CC(Nc2ccccc2OC(=O)c2ccccc2)C(=O)O)cc1. The van der Waals surface area contributed by atoms with E-state index in [0.717, 1.165) is 17.7 Å². The van der Waals surface area contributed by atoms with E-state index in [9.17, 15) is 19.5 Å². The molecule has 3 N–H and O–H groups in total. The van der Waals surface area contributed by atoms with Gasteiger partial charge in [0.2, 0.25) is 0 Å². The van der Waals surface area contributed by atoms with Gasteiger partial charge in [0, 0.05) is 30.1 Å². The lowest BCUT2D eigenvalue weighted by molar-refractivity contribution is -0.137. The van der Waals surface area contributed by atoms with E-state index in [1.54, 1.807) is 54.6 Å². The van der Waals surface area contributed by atoms with E-state index in [-0.39, 0.29) is 23.9 Å². The molecule has 0 fully saturated rings. The Balaban J connectivity index is 1.28. The number of rotatable bonds is 15. The van der Waals surface area contributed by atoms with Crippen molar-refractivity contribution in [3.05, 3.63) is 120 Å². The number of nitrogens with one attached hydrogen (secondary N) is 2. The molecule has 4 aromatic rings. The maximum absolute atomic E-state index is 12.6. The zero-order valence-electron chi connectivity index (χ0n) is 24.3. The number of hydrogen-bond donors (Lipinski definition) is 3. The summed E-state index contributed by atoms with van der Waals surface area (Å²) in [6, 6.07) is 29.2. The Morgan fingerprint density at radius 2 is 1.44 bits per heavy atom. The summed E-state index contributed by atoms with van der Waals surface area (Å²) in [7, 11) is 0. The maximum atomic E-state index is 12.6. The van der Waals surface area contributed by atoms with E-state index in [4.69, 9.17) is 9.47 Å². The van der Waals surface area contributed by atoms with Gasteiger partial charge in [-0.05, 0) is 60.5 Å². The number of carboxylic acids is 1. The number of para-hydroxylation sites is 3. The van der Waals surface area contributed by atoms with E-state index >= 15 is 0 Å². The number of benzene rings is 4. The second-order valence-corrected chi connectivity index (χ2v) is 10.3. The lowest BCUT2D eigenvalue weighted by atomic mass is 9.99. The van der Waals surface area contributed by atoms with E-state index in [1.165, 1.54) is 0 Å². The zero-order chi connectivity index (χ0) is 30.6. The van der Waals surface area contributed by atoms with Crippen LogP contribution in [0, 0.1) is 5.92 Å². The van der Waals surface area contributed by atoms with Gasteiger partial charge in [-0.1, -0.05) is 68.4 Å². The molecule has 0 bridgehead atoms. The highest BCUT2D eigenvalue weighted by molar-refractivity contribution is 6.02. The molecule has 43 heavy (non-hydrogen) atoms. The van der Waals surface area contributed by atoms with Gasteiger partial charge in [-0.15, -0.1) is 0 Å². The van der Waals surface area contributed by atoms with Crippen molar-refractivity contribution in [1.82, 2.24) is 0 Å². The smallest absolute Gasteiger partial charge is 0.343 e. The molecule has 0 saturated heterocycles. The van der Waals surface area contributed by atoms with Crippen molar-refractivity contribution in [2.45, 2.75) is 32.7 Å². The van der Waals surface area contributed by atoms with Gasteiger partial charge in [0.1, 0.15) is 11.8 Å². The van der Waals surface area contributed by atoms with E-state index in [2.05, 4.69) is 10.6 Å². The predicted molar refractivity (Wildman–Crippen MR) is 167 cm³/mol. The number of carbonyl (C=O) groups is 3.